The van der Waals surface area contributed by atoms with E-state index in [1.54, 1.807) is 7.05 Å². The minimum absolute atomic E-state index is 0.0487. The molecule has 0 saturated heterocycles. The van der Waals surface area contributed by atoms with E-state index in [9.17, 15) is 14.4 Å². The summed E-state index contributed by atoms with van der Waals surface area (Å²) in [7, 11) is 1.59. The highest BCUT2D eigenvalue weighted by Crippen LogP contribution is 2.31. The van der Waals surface area contributed by atoms with Crippen LogP contribution < -0.4 is 0 Å². The second kappa shape index (κ2) is 5.58. The van der Waals surface area contributed by atoms with Crippen molar-refractivity contribution < 1.29 is 29.3 Å². The summed E-state index contributed by atoms with van der Waals surface area (Å²) in [5.74, 6) is -1.80. The number of alkyl halides is 1. The van der Waals surface area contributed by atoms with Gasteiger partial charge in [0, 0.05) is 6.42 Å². The lowest BCUT2D eigenvalue weighted by Crippen LogP contribution is -2.43. The quantitative estimate of drug-likeness (QED) is 0.463. The Bertz CT molecular complexity index is 369. The predicted octanol–water partition coefficient (Wildman–Crippen LogP) is 1.62. The summed E-state index contributed by atoms with van der Waals surface area (Å²) in [6.07, 6.45) is -2.37. The summed E-state index contributed by atoms with van der Waals surface area (Å²) in [6, 6.07) is 0. The maximum absolute atomic E-state index is 13.5. The number of aliphatic carboxylic acids is 1. The van der Waals surface area contributed by atoms with Gasteiger partial charge in [-0.3, -0.25) is 4.79 Å². The van der Waals surface area contributed by atoms with Crippen molar-refractivity contribution in [3.8, 4) is 0 Å². The van der Waals surface area contributed by atoms with E-state index in [-0.39, 0.29) is 12.8 Å². The molecule has 1 fully saturated rings. The molecular weight excluding hydrogens is 257 g/mol. The molecule has 0 heterocycles. The fraction of sp³-hybridized carbons (Fsp3) is 0.909. The monoisotopic (exact) mass is 278 g/mol. The van der Waals surface area contributed by atoms with Crippen LogP contribution in [0.2, 0.25) is 0 Å². The first kappa shape index (κ1) is 15.5. The summed E-state index contributed by atoms with van der Waals surface area (Å²) in [4.78, 5) is 16.1. The fourth-order valence-corrected chi connectivity index (χ4v) is 1.68. The van der Waals surface area contributed by atoms with E-state index in [4.69, 9.17) is 9.94 Å². The summed E-state index contributed by atoms with van der Waals surface area (Å²) in [5, 5.41) is 23.2. The van der Waals surface area contributed by atoms with Crippen molar-refractivity contribution >= 4 is 5.97 Å². The number of hydrogen-bond donors (Lipinski definition) is 2. The van der Waals surface area contributed by atoms with Crippen LogP contribution in [0.3, 0.4) is 0 Å². The Hall–Kier alpha value is -1.60. The molecule has 0 radical (unpaired) electrons. The molecule has 0 spiro atoms. The van der Waals surface area contributed by atoms with Crippen LogP contribution in [0.25, 0.3) is 0 Å². The molecule has 19 heavy (non-hydrogen) atoms. The van der Waals surface area contributed by atoms with E-state index in [1.165, 1.54) is 5.01 Å². The third-order valence-corrected chi connectivity index (χ3v) is 3.27. The smallest absolute Gasteiger partial charge is 0.306 e. The van der Waals surface area contributed by atoms with Gasteiger partial charge in [-0.2, -0.15) is 0 Å². The lowest BCUT2D eigenvalue weighted by Gasteiger charge is -2.22. The predicted molar refractivity (Wildman–Crippen MR) is 62.1 cm³/mol. The van der Waals surface area contributed by atoms with Crippen LogP contribution in [0.5, 0.6) is 0 Å². The molecule has 7 nitrogen and oxygen atoms in total. The molecule has 0 amide bonds. The molecule has 2 N–H and O–H groups in total. The van der Waals surface area contributed by atoms with E-state index in [1.807, 2.05) is 20.8 Å². The molecule has 8 heteroatoms. The number of rotatable bonds is 4. The molecule has 0 aromatic heterocycles. The van der Waals surface area contributed by atoms with Crippen molar-refractivity contribution in [2.45, 2.75) is 51.4 Å². The Morgan fingerprint density at radius 2 is 2.05 bits per heavy atom. The van der Waals surface area contributed by atoms with Gasteiger partial charge in [0.25, 0.3) is 10.2 Å². The van der Waals surface area contributed by atoms with Gasteiger partial charge in [-0.25, -0.2) is 9.60 Å². The highest BCUT2D eigenvalue weighted by molar-refractivity contribution is 5.70. The van der Waals surface area contributed by atoms with Crippen molar-refractivity contribution in [1.82, 2.24) is 5.01 Å². The molecule has 0 aromatic rings. The highest BCUT2D eigenvalue weighted by atomic mass is 19.1. The molecule has 3 atom stereocenters. The van der Waals surface area contributed by atoms with Gasteiger partial charge in [-0.1, -0.05) is 0 Å². The number of halogens is 1. The molecule has 0 aliphatic heterocycles. The largest absolute Gasteiger partial charge is 0.481 e. The van der Waals surface area contributed by atoms with Gasteiger partial charge in [0.15, 0.2) is 6.10 Å². The second-order valence-electron chi connectivity index (χ2n) is 5.71. The first-order valence-corrected chi connectivity index (χ1v) is 6.09. The van der Waals surface area contributed by atoms with Gasteiger partial charge < -0.3 is 9.94 Å². The van der Waals surface area contributed by atoms with Gasteiger partial charge in [0.1, 0.15) is 6.17 Å². The summed E-state index contributed by atoms with van der Waals surface area (Å²) < 4.78 is 13.5. The van der Waals surface area contributed by atoms with Gasteiger partial charge in [-0.05, 0) is 27.2 Å². The van der Waals surface area contributed by atoms with Crippen LogP contribution in [-0.4, -0.2) is 51.1 Å². The molecule has 110 valence electrons. The standard InChI is InChI=1S/C11H20FN3O4/c1-11(2,3)14(4)15(18)13-19-9-6-7(10(16)17)5-8(9)12/h7-9H,5-6H2,1-4H3,(H-,13,16,17,18)/p+1/t7?,8?,9-/m0/s1. The average Bonchev–Trinajstić information content (AvgIpc) is 2.65. The van der Waals surface area contributed by atoms with Crippen LogP contribution in [-0.2, 0) is 9.63 Å². The molecule has 1 aliphatic carbocycles. The van der Waals surface area contributed by atoms with Crippen LogP contribution >= 0.6 is 0 Å². The van der Waals surface area contributed by atoms with E-state index >= 15 is 0 Å². The Balaban J connectivity index is 2.59. The Labute approximate surface area is 111 Å². The van der Waals surface area contributed by atoms with Gasteiger partial charge in [0.2, 0.25) is 0 Å². The van der Waals surface area contributed by atoms with Crippen LogP contribution in [0, 0.1) is 5.92 Å². The van der Waals surface area contributed by atoms with Gasteiger partial charge in [0.05, 0.1) is 18.5 Å². The Morgan fingerprint density at radius 1 is 1.47 bits per heavy atom. The zero-order valence-electron chi connectivity index (χ0n) is 11.6. The lowest BCUT2D eigenvalue weighted by atomic mass is 10.1. The number of hydrogen-bond acceptors (Lipinski definition) is 3. The minimum atomic E-state index is -1.39. The topological polar surface area (TPSA) is 85.4 Å². The first-order valence-electron chi connectivity index (χ1n) is 6.09. The number of hydrazine groups is 1. The molecule has 0 aromatic carbocycles. The number of carboxylic acid groups (broad SMARTS) is 1. The van der Waals surface area contributed by atoms with E-state index in [0.29, 0.717) is 4.97 Å². The van der Waals surface area contributed by atoms with Crippen LogP contribution in [0.15, 0.2) is 5.28 Å². The molecule has 1 rings (SSSR count). The molecule has 0 bridgehead atoms. The number of carboxylic acids is 1. The lowest BCUT2D eigenvalue weighted by molar-refractivity contribution is -0.946. The third-order valence-electron chi connectivity index (χ3n) is 3.27. The van der Waals surface area contributed by atoms with Gasteiger partial charge in [-0.15, -0.1) is 5.01 Å². The molecule has 1 aliphatic rings. The zero-order chi connectivity index (χ0) is 14.8. The van der Waals surface area contributed by atoms with Crippen molar-refractivity contribution in [2.75, 3.05) is 7.05 Å². The van der Waals surface area contributed by atoms with Crippen molar-refractivity contribution in [2.24, 2.45) is 11.2 Å². The van der Waals surface area contributed by atoms with Crippen LogP contribution in [0.1, 0.15) is 33.6 Å². The molecule has 1 saturated carbocycles. The average molecular weight is 278 g/mol. The minimum Gasteiger partial charge on any atom is -0.481 e. The maximum Gasteiger partial charge on any atom is 0.306 e. The van der Waals surface area contributed by atoms with Crippen LogP contribution in [0.4, 0.5) is 4.39 Å². The molecule has 2 unspecified atom stereocenters. The normalized spacial score (nSPS) is 28.3. The number of carbonyl (C=O) groups is 1. The maximum atomic E-state index is 13.5. The fourth-order valence-electron chi connectivity index (χ4n) is 1.68. The number of nitrogens with zero attached hydrogens (tertiary/aromatic N) is 3. The summed E-state index contributed by atoms with van der Waals surface area (Å²) >= 11 is 0. The Kier molecular flexibility index (Phi) is 4.54. The summed E-state index contributed by atoms with van der Waals surface area (Å²) in [6.45, 7) is 5.54. The summed E-state index contributed by atoms with van der Waals surface area (Å²) in [5.41, 5.74) is -0.393. The first-order chi connectivity index (χ1) is 8.62. The zero-order valence-corrected chi connectivity index (χ0v) is 11.6. The van der Waals surface area contributed by atoms with Crippen molar-refractivity contribution in [3.05, 3.63) is 0 Å². The highest BCUT2D eigenvalue weighted by Gasteiger charge is 2.41. The van der Waals surface area contributed by atoms with Gasteiger partial charge >= 0.3 is 5.97 Å². The Morgan fingerprint density at radius 3 is 2.47 bits per heavy atom. The van der Waals surface area contributed by atoms with Crippen molar-refractivity contribution in [3.63, 3.8) is 0 Å². The van der Waals surface area contributed by atoms with E-state index in [2.05, 4.69) is 5.28 Å². The third kappa shape index (κ3) is 3.93. The second-order valence-corrected chi connectivity index (χ2v) is 5.71. The SMILES string of the molecule is CN(/[N+](O)=N/O[C@H]1CC(C(=O)O)CC1F)C(C)(C)C. The van der Waals surface area contributed by atoms with Crippen molar-refractivity contribution in [1.29, 1.82) is 0 Å². The van der Waals surface area contributed by atoms with E-state index < -0.39 is 29.7 Å². The molecular formula is C11H21FN3O4+. The van der Waals surface area contributed by atoms with E-state index in [0.717, 1.165) is 0 Å².